The van der Waals surface area contributed by atoms with E-state index in [9.17, 15) is 0 Å². The van der Waals surface area contributed by atoms with Crippen LogP contribution in [0.5, 0.6) is 0 Å². The zero-order valence-corrected chi connectivity index (χ0v) is 10.3. The summed E-state index contributed by atoms with van der Waals surface area (Å²) in [6.07, 6.45) is 6.86. The van der Waals surface area contributed by atoms with E-state index in [-0.39, 0.29) is 0 Å². The Morgan fingerprint density at radius 2 is 1.88 bits per heavy atom. The van der Waals surface area contributed by atoms with E-state index in [2.05, 4.69) is 32.0 Å². The highest BCUT2D eigenvalue weighted by Gasteiger charge is 2.28. The normalized spacial score (nSPS) is 24.0. The molecule has 1 unspecified atom stereocenters. The van der Waals surface area contributed by atoms with Crippen LogP contribution in [0.15, 0.2) is 23.8 Å². The Hall–Kier alpha value is -1.04. The third-order valence-corrected chi connectivity index (χ3v) is 4.28. The highest BCUT2D eigenvalue weighted by Crippen LogP contribution is 2.47. The number of aryl methyl sites for hydroxylation is 1. The monoisotopic (exact) mass is 212 g/mol. The molecule has 0 N–H and O–H groups in total. The van der Waals surface area contributed by atoms with Crippen molar-refractivity contribution in [3.63, 3.8) is 0 Å². The minimum absolute atomic E-state index is 0.684. The Labute approximate surface area is 98.4 Å². The Bertz CT molecular complexity index is 451. The zero-order valence-electron chi connectivity index (χ0n) is 10.3. The number of rotatable bonds is 0. The predicted octanol–water partition coefficient (Wildman–Crippen LogP) is 4.83. The standard InChI is InChI=1S/C16H20/c1-11-8-9-14-12(2)13-6-4-3-5-7-15(13)16(14)10-11/h8-10,12H,3-7H2,1-2H3. The van der Waals surface area contributed by atoms with E-state index in [0.29, 0.717) is 5.92 Å². The van der Waals surface area contributed by atoms with E-state index >= 15 is 0 Å². The summed E-state index contributed by atoms with van der Waals surface area (Å²) in [4.78, 5) is 0. The van der Waals surface area contributed by atoms with Gasteiger partial charge in [0.25, 0.3) is 0 Å². The molecule has 1 aromatic carbocycles. The van der Waals surface area contributed by atoms with Gasteiger partial charge in [-0.2, -0.15) is 0 Å². The van der Waals surface area contributed by atoms with Gasteiger partial charge in [-0.15, -0.1) is 0 Å². The quantitative estimate of drug-likeness (QED) is 0.578. The van der Waals surface area contributed by atoms with Crippen molar-refractivity contribution in [3.8, 4) is 0 Å². The summed E-state index contributed by atoms with van der Waals surface area (Å²) in [5.41, 5.74) is 8.01. The van der Waals surface area contributed by atoms with Crippen molar-refractivity contribution < 1.29 is 0 Å². The third kappa shape index (κ3) is 1.43. The van der Waals surface area contributed by atoms with Gasteiger partial charge in [0.2, 0.25) is 0 Å². The van der Waals surface area contributed by atoms with Gasteiger partial charge in [-0.1, -0.05) is 42.7 Å². The van der Waals surface area contributed by atoms with Crippen molar-refractivity contribution >= 4 is 5.57 Å². The first kappa shape index (κ1) is 10.1. The summed E-state index contributed by atoms with van der Waals surface area (Å²) in [6.45, 7) is 4.60. The molecule has 84 valence electrons. The molecule has 0 heteroatoms. The highest BCUT2D eigenvalue weighted by molar-refractivity contribution is 5.78. The van der Waals surface area contributed by atoms with Crippen LogP contribution in [0, 0.1) is 6.92 Å². The number of hydrogen-bond acceptors (Lipinski definition) is 0. The van der Waals surface area contributed by atoms with Crippen LogP contribution in [0.4, 0.5) is 0 Å². The van der Waals surface area contributed by atoms with Crippen molar-refractivity contribution in [2.45, 2.75) is 51.9 Å². The van der Waals surface area contributed by atoms with Crippen molar-refractivity contribution in [1.82, 2.24) is 0 Å². The molecule has 0 saturated carbocycles. The molecule has 0 aliphatic heterocycles. The summed E-state index contributed by atoms with van der Waals surface area (Å²) >= 11 is 0. The third-order valence-electron chi connectivity index (χ3n) is 4.28. The minimum Gasteiger partial charge on any atom is -0.0592 e. The van der Waals surface area contributed by atoms with Gasteiger partial charge < -0.3 is 0 Å². The first-order valence-corrected chi connectivity index (χ1v) is 6.60. The Balaban J connectivity index is 2.13. The van der Waals surface area contributed by atoms with Crippen molar-refractivity contribution in [1.29, 1.82) is 0 Å². The molecule has 0 bridgehead atoms. The van der Waals surface area contributed by atoms with Crippen LogP contribution in [0.25, 0.3) is 5.57 Å². The van der Waals surface area contributed by atoms with Gasteiger partial charge in [0, 0.05) is 5.92 Å². The lowest BCUT2D eigenvalue weighted by Gasteiger charge is -2.10. The van der Waals surface area contributed by atoms with E-state index in [1.807, 2.05) is 0 Å². The number of hydrogen-bond donors (Lipinski definition) is 0. The molecule has 0 saturated heterocycles. The van der Waals surface area contributed by atoms with Crippen molar-refractivity contribution in [2.75, 3.05) is 0 Å². The largest absolute Gasteiger partial charge is 0.0592 e. The Morgan fingerprint density at radius 1 is 1.06 bits per heavy atom. The lowest BCUT2D eigenvalue weighted by Crippen LogP contribution is -1.93. The fourth-order valence-electron chi connectivity index (χ4n) is 3.39. The fourth-order valence-corrected chi connectivity index (χ4v) is 3.39. The topological polar surface area (TPSA) is 0 Å². The van der Waals surface area contributed by atoms with Gasteiger partial charge in [-0.05, 0) is 49.3 Å². The lowest BCUT2D eigenvalue weighted by molar-refractivity contribution is 0.692. The summed E-state index contributed by atoms with van der Waals surface area (Å²) < 4.78 is 0. The molecule has 0 nitrogen and oxygen atoms in total. The van der Waals surface area contributed by atoms with Crippen LogP contribution in [-0.4, -0.2) is 0 Å². The average Bonchev–Trinajstić information content (AvgIpc) is 2.47. The first-order valence-electron chi connectivity index (χ1n) is 6.60. The summed E-state index contributed by atoms with van der Waals surface area (Å²) in [5, 5.41) is 0. The van der Waals surface area contributed by atoms with Crippen LogP contribution < -0.4 is 0 Å². The molecule has 0 heterocycles. The number of allylic oxidation sites excluding steroid dienone is 2. The molecular formula is C16H20. The van der Waals surface area contributed by atoms with E-state index in [1.165, 1.54) is 37.7 Å². The van der Waals surface area contributed by atoms with Gasteiger partial charge in [-0.25, -0.2) is 0 Å². The van der Waals surface area contributed by atoms with E-state index in [1.54, 1.807) is 22.3 Å². The second kappa shape index (κ2) is 3.76. The molecule has 0 radical (unpaired) electrons. The van der Waals surface area contributed by atoms with E-state index < -0.39 is 0 Å². The number of fused-ring (bicyclic) bond motifs is 2. The molecule has 1 aromatic rings. The summed E-state index contributed by atoms with van der Waals surface area (Å²) in [5.74, 6) is 0.684. The Kier molecular flexibility index (Phi) is 2.38. The van der Waals surface area contributed by atoms with Gasteiger partial charge in [0.1, 0.15) is 0 Å². The van der Waals surface area contributed by atoms with Crippen LogP contribution in [-0.2, 0) is 0 Å². The zero-order chi connectivity index (χ0) is 11.1. The first-order chi connectivity index (χ1) is 7.77. The van der Waals surface area contributed by atoms with Gasteiger partial charge in [0.15, 0.2) is 0 Å². The molecule has 0 spiro atoms. The van der Waals surface area contributed by atoms with Crippen LogP contribution in [0.1, 0.15) is 61.6 Å². The van der Waals surface area contributed by atoms with Gasteiger partial charge in [0.05, 0.1) is 0 Å². The van der Waals surface area contributed by atoms with Gasteiger partial charge in [-0.3, -0.25) is 0 Å². The smallest absolute Gasteiger partial charge is 0.00318 e. The minimum atomic E-state index is 0.684. The predicted molar refractivity (Wildman–Crippen MR) is 69.6 cm³/mol. The van der Waals surface area contributed by atoms with Crippen molar-refractivity contribution in [3.05, 3.63) is 40.5 Å². The molecule has 0 aromatic heterocycles. The highest BCUT2D eigenvalue weighted by atomic mass is 14.3. The molecule has 3 rings (SSSR count). The lowest BCUT2D eigenvalue weighted by atomic mass is 9.94. The SMILES string of the molecule is Cc1ccc2c(c1)C1=C(CCCCC1)C2C. The Morgan fingerprint density at radius 3 is 2.75 bits per heavy atom. The fraction of sp³-hybridized carbons (Fsp3) is 0.500. The van der Waals surface area contributed by atoms with Crippen LogP contribution in [0.3, 0.4) is 0 Å². The van der Waals surface area contributed by atoms with E-state index in [0.717, 1.165) is 0 Å². The molecule has 0 amide bonds. The van der Waals surface area contributed by atoms with Crippen LogP contribution in [0.2, 0.25) is 0 Å². The maximum Gasteiger partial charge on any atom is 0.00318 e. The molecule has 0 fully saturated rings. The second-order valence-electron chi connectivity index (χ2n) is 5.38. The molecule has 2 aliphatic rings. The summed E-state index contributed by atoms with van der Waals surface area (Å²) in [6, 6.07) is 7.02. The number of benzene rings is 1. The van der Waals surface area contributed by atoms with E-state index in [4.69, 9.17) is 0 Å². The molecule has 1 atom stereocenters. The second-order valence-corrected chi connectivity index (χ2v) is 5.38. The van der Waals surface area contributed by atoms with Crippen molar-refractivity contribution in [2.24, 2.45) is 0 Å². The maximum atomic E-state index is 2.40. The summed E-state index contributed by atoms with van der Waals surface area (Å²) in [7, 11) is 0. The molecular weight excluding hydrogens is 192 g/mol. The van der Waals surface area contributed by atoms with Crippen LogP contribution >= 0.6 is 0 Å². The molecule has 2 aliphatic carbocycles. The maximum absolute atomic E-state index is 2.40. The van der Waals surface area contributed by atoms with Gasteiger partial charge >= 0.3 is 0 Å². The molecule has 16 heavy (non-hydrogen) atoms. The average molecular weight is 212 g/mol.